The van der Waals surface area contributed by atoms with Crippen LogP contribution in [0.1, 0.15) is 54.4 Å². The number of β-lactam (4-membered cyclic amide) rings is 1. The predicted octanol–water partition coefficient (Wildman–Crippen LogP) is 3.80. The first-order valence-electron chi connectivity index (χ1n) is 13.1. The van der Waals surface area contributed by atoms with Crippen molar-refractivity contribution in [2.24, 2.45) is 5.92 Å². The van der Waals surface area contributed by atoms with Crippen molar-refractivity contribution in [1.82, 2.24) is 9.80 Å². The summed E-state index contributed by atoms with van der Waals surface area (Å²) < 4.78 is 11.3. The summed E-state index contributed by atoms with van der Waals surface area (Å²) in [6.45, 7) is 11.5. The number of carbonyl (C=O) groups excluding carboxylic acids is 4. The zero-order valence-corrected chi connectivity index (χ0v) is 22.8. The molecule has 1 aromatic carbocycles. The van der Waals surface area contributed by atoms with E-state index in [1.54, 1.807) is 52.5 Å². The molecule has 3 saturated heterocycles. The predicted molar refractivity (Wildman–Crippen MR) is 140 cm³/mol. The van der Waals surface area contributed by atoms with Gasteiger partial charge >= 0.3 is 12.1 Å². The number of benzene rings is 1. The van der Waals surface area contributed by atoms with Gasteiger partial charge in [0.1, 0.15) is 22.9 Å². The molecule has 0 N–H and O–H groups in total. The molecule has 3 atom stereocenters. The van der Waals surface area contributed by atoms with Gasteiger partial charge in [0.2, 0.25) is 0 Å². The zero-order valence-electron chi connectivity index (χ0n) is 22.8. The number of nitrogens with zero attached hydrogens (tertiary/aromatic N) is 3. The van der Waals surface area contributed by atoms with Crippen LogP contribution >= 0.6 is 0 Å². The summed E-state index contributed by atoms with van der Waals surface area (Å²) in [6.07, 6.45) is 2.19. The quantitative estimate of drug-likeness (QED) is 0.341. The van der Waals surface area contributed by atoms with Gasteiger partial charge in [0, 0.05) is 30.3 Å². The summed E-state index contributed by atoms with van der Waals surface area (Å²) in [5.74, 6) is -1.13. The van der Waals surface area contributed by atoms with Crippen LogP contribution in [0.3, 0.4) is 0 Å². The van der Waals surface area contributed by atoms with E-state index in [0.29, 0.717) is 37.1 Å². The number of rotatable bonds is 3. The lowest BCUT2D eigenvalue weighted by atomic mass is 9.79. The fourth-order valence-electron chi connectivity index (χ4n) is 5.74. The molecule has 3 amide bonds. The van der Waals surface area contributed by atoms with Crippen molar-refractivity contribution in [2.45, 2.75) is 77.7 Å². The third kappa shape index (κ3) is 4.59. The minimum atomic E-state index is -0.766. The number of esters is 1. The average Bonchev–Trinajstić information content (AvgIpc) is 3.35. The van der Waals surface area contributed by atoms with Crippen LogP contribution in [0, 0.1) is 5.92 Å². The maximum atomic E-state index is 13.4. The van der Waals surface area contributed by atoms with E-state index >= 15 is 0 Å². The molecule has 4 aliphatic rings. The number of carbonyl (C=O) groups is 4. The molecule has 9 nitrogen and oxygen atoms in total. The number of hydrogen-bond donors (Lipinski definition) is 0. The smallest absolute Gasteiger partial charge is 0.411 e. The van der Waals surface area contributed by atoms with Crippen molar-refractivity contribution in [3.8, 4) is 0 Å². The number of ether oxygens (including phenoxy) is 2. The lowest BCUT2D eigenvalue weighted by Gasteiger charge is -2.50. The largest absolute Gasteiger partial charge is 0.455 e. The normalized spacial score (nSPS) is 26.1. The van der Waals surface area contributed by atoms with E-state index in [4.69, 9.17) is 9.47 Å². The Kier molecular flexibility index (Phi) is 6.16. The Morgan fingerprint density at radius 3 is 2.26 bits per heavy atom. The highest BCUT2D eigenvalue weighted by molar-refractivity contribution is 6.09. The maximum Gasteiger partial charge on any atom is 0.411 e. The van der Waals surface area contributed by atoms with Gasteiger partial charge in [-0.15, -0.1) is 0 Å². The Morgan fingerprint density at radius 1 is 0.974 bits per heavy atom. The molecule has 0 aliphatic carbocycles. The summed E-state index contributed by atoms with van der Waals surface area (Å²) in [6, 6.07) is 8.47. The minimum Gasteiger partial charge on any atom is -0.455 e. The van der Waals surface area contributed by atoms with Crippen LogP contribution in [-0.2, 0) is 23.9 Å². The first-order chi connectivity index (χ1) is 17.7. The van der Waals surface area contributed by atoms with E-state index in [-0.39, 0.29) is 29.5 Å². The third-order valence-electron chi connectivity index (χ3n) is 7.15. The molecule has 0 radical (unpaired) electrons. The first kappa shape index (κ1) is 26.0. The second-order valence-electron chi connectivity index (χ2n) is 12.3. The van der Waals surface area contributed by atoms with Crippen LogP contribution in [0.5, 0.6) is 0 Å². The van der Waals surface area contributed by atoms with Crippen LogP contribution in [-0.4, -0.2) is 70.1 Å². The number of anilines is 1. The second kappa shape index (κ2) is 8.99. The molecule has 0 spiro atoms. The van der Waals surface area contributed by atoms with E-state index in [2.05, 4.69) is 0 Å². The Bertz CT molecular complexity index is 1250. The van der Waals surface area contributed by atoms with E-state index < -0.39 is 29.3 Å². The van der Waals surface area contributed by atoms with Crippen molar-refractivity contribution in [3.05, 3.63) is 53.3 Å². The van der Waals surface area contributed by atoms with E-state index in [1.165, 1.54) is 9.80 Å². The zero-order chi connectivity index (χ0) is 27.6. The molecule has 1 aromatic rings. The molecule has 5 rings (SSSR count). The molecule has 38 heavy (non-hydrogen) atoms. The number of para-hydroxylation sites is 1. The summed E-state index contributed by atoms with van der Waals surface area (Å²) in [5.41, 5.74) is 0.701. The monoisotopic (exact) mass is 521 g/mol. The Labute approximate surface area is 223 Å². The van der Waals surface area contributed by atoms with Gasteiger partial charge < -0.3 is 14.4 Å². The third-order valence-corrected chi connectivity index (χ3v) is 7.15. The average molecular weight is 522 g/mol. The van der Waals surface area contributed by atoms with Gasteiger partial charge in [0.15, 0.2) is 0 Å². The van der Waals surface area contributed by atoms with Crippen molar-refractivity contribution >= 4 is 29.6 Å². The molecule has 0 aromatic heterocycles. The first-order valence-corrected chi connectivity index (χ1v) is 13.1. The van der Waals surface area contributed by atoms with E-state index in [0.717, 1.165) is 5.69 Å². The fourth-order valence-corrected chi connectivity index (χ4v) is 5.74. The molecule has 3 fully saturated rings. The van der Waals surface area contributed by atoms with Gasteiger partial charge in [-0.25, -0.2) is 9.59 Å². The van der Waals surface area contributed by atoms with Crippen LogP contribution < -0.4 is 4.90 Å². The highest BCUT2D eigenvalue weighted by atomic mass is 16.6. The molecule has 0 saturated carbocycles. The second-order valence-corrected chi connectivity index (χ2v) is 12.3. The fraction of sp³-hybridized carbons (Fsp3) is 0.517. The summed E-state index contributed by atoms with van der Waals surface area (Å²) >= 11 is 0. The van der Waals surface area contributed by atoms with Crippen molar-refractivity contribution in [3.63, 3.8) is 0 Å². The van der Waals surface area contributed by atoms with Gasteiger partial charge in [0.25, 0.3) is 11.8 Å². The van der Waals surface area contributed by atoms with Crippen LogP contribution in [0.15, 0.2) is 53.3 Å². The van der Waals surface area contributed by atoms with Gasteiger partial charge in [-0.1, -0.05) is 18.2 Å². The summed E-state index contributed by atoms with van der Waals surface area (Å²) in [5, 5.41) is 0. The van der Waals surface area contributed by atoms with Crippen LogP contribution in [0.2, 0.25) is 0 Å². The summed E-state index contributed by atoms with van der Waals surface area (Å²) in [4.78, 5) is 57.8. The lowest BCUT2D eigenvalue weighted by molar-refractivity contribution is -0.163. The number of amides is 3. The molecule has 9 heteroatoms. The van der Waals surface area contributed by atoms with E-state index in [1.807, 2.05) is 30.3 Å². The lowest BCUT2D eigenvalue weighted by Crippen LogP contribution is -2.69. The topological polar surface area (TPSA) is 96.5 Å². The number of hydrogen-bond acceptors (Lipinski definition) is 6. The van der Waals surface area contributed by atoms with Gasteiger partial charge in [-0.3, -0.25) is 19.4 Å². The molecule has 4 aliphatic heterocycles. The molecular weight excluding hydrogens is 486 g/mol. The Balaban J connectivity index is 1.48. The van der Waals surface area contributed by atoms with Gasteiger partial charge in [-0.05, 0) is 78.2 Å². The highest BCUT2D eigenvalue weighted by Crippen LogP contribution is 2.48. The minimum absolute atomic E-state index is 0.0787. The highest BCUT2D eigenvalue weighted by Gasteiger charge is 2.64. The number of allylic oxidation sites excluding steroid dienone is 2. The van der Waals surface area contributed by atoms with Crippen molar-refractivity contribution in [2.75, 3.05) is 18.0 Å². The van der Waals surface area contributed by atoms with Crippen molar-refractivity contribution in [1.29, 1.82) is 0 Å². The van der Waals surface area contributed by atoms with Gasteiger partial charge in [-0.2, -0.15) is 0 Å². The van der Waals surface area contributed by atoms with Gasteiger partial charge in [0.05, 0.1) is 6.04 Å². The summed E-state index contributed by atoms with van der Waals surface area (Å²) in [7, 11) is 0. The molecular formula is C29H35N3O6. The molecule has 0 bridgehead atoms. The molecule has 4 heterocycles. The molecule has 202 valence electrons. The van der Waals surface area contributed by atoms with Crippen LogP contribution in [0.4, 0.5) is 10.5 Å². The standard InChI is InChI=1S/C29H35N3O6/c1-28(2,3)37-26(35)22-18(14-17-12-13-30(24(17)33)20-10-8-7-9-11-20)15-19-16-31(27(36)38-29(4,5)6)23-21(19)32(22)25(23)34/h7-11,14,19,21,23H,12-13,15-16H2,1-6H3/t19?,21-,23?/m1/s1. The maximum absolute atomic E-state index is 13.4. The van der Waals surface area contributed by atoms with Crippen LogP contribution in [0.25, 0.3) is 0 Å². The molecule has 2 unspecified atom stereocenters. The van der Waals surface area contributed by atoms with Crippen molar-refractivity contribution < 1.29 is 28.7 Å². The SMILES string of the molecule is CC(C)(C)OC(=O)C1=C(C=C2CCN(c3ccccc3)C2=O)CC2CN(C(=O)OC(C)(C)C)C3C(=O)N1[C@H]23. The van der Waals surface area contributed by atoms with E-state index in [9.17, 15) is 19.2 Å². The number of likely N-dealkylation sites (tertiary alicyclic amines) is 1. The Morgan fingerprint density at radius 2 is 1.63 bits per heavy atom. The Hall–Kier alpha value is -3.62.